The Labute approximate surface area is 119 Å². The number of ether oxygens (including phenoxy) is 2. The number of nitro benzene ring substituents is 1. The van der Waals surface area contributed by atoms with Crippen molar-refractivity contribution in [3.63, 3.8) is 0 Å². The third-order valence-corrected chi connectivity index (χ3v) is 2.48. The highest BCUT2D eigenvalue weighted by molar-refractivity contribution is 5.86. The molecule has 0 aliphatic heterocycles. The van der Waals surface area contributed by atoms with Crippen LogP contribution in [0.4, 0.5) is 5.69 Å². The molecule has 0 fully saturated rings. The number of hydrogen-bond donors (Lipinski definition) is 0. The lowest BCUT2D eigenvalue weighted by Gasteiger charge is -2.02. The van der Waals surface area contributed by atoms with Gasteiger partial charge in [0, 0.05) is 6.07 Å². The summed E-state index contributed by atoms with van der Waals surface area (Å²) in [4.78, 5) is 25.5. The van der Waals surface area contributed by atoms with E-state index in [2.05, 4.69) is 4.98 Å². The van der Waals surface area contributed by atoms with Gasteiger partial charge >= 0.3 is 17.7 Å². The zero-order valence-electron chi connectivity index (χ0n) is 11.4. The maximum Gasteiger partial charge on any atom is 0.400 e. The molecule has 0 N–H and O–H groups in total. The van der Waals surface area contributed by atoms with Gasteiger partial charge in [-0.2, -0.15) is 4.98 Å². The second-order valence-corrected chi connectivity index (χ2v) is 4.05. The molecule has 110 valence electrons. The monoisotopic (exact) mass is 292 g/mol. The lowest BCUT2D eigenvalue weighted by atomic mass is 10.2. The van der Waals surface area contributed by atoms with Crippen LogP contribution in [0, 0.1) is 17.0 Å². The zero-order chi connectivity index (χ0) is 15.4. The summed E-state index contributed by atoms with van der Waals surface area (Å²) in [6.07, 6.45) is 0.793. The predicted octanol–water partition coefficient (Wildman–Crippen LogP) is 2.86. The second-order valence-electron chi connectivity index (χ2n) is 4.05. The van der Waals surface area contributed by atoms with Gasteiger partial charge in [0.2, 0.25) is 5.75 Å². The highest BCUT2D eigenvalue weighted by Crippen LogP contribution is 2.31. The number of rotatable bonds is 5. The Kier molecular flexibility index (Phi) is 4.17. The fourth-order valence-electron chi connectivity index (χ4n) is 1.55. The van der Waals surface area contributed by atoms with Crippen molar-refractivity contribution in [3.8, 4) is 11.8 Å². The summed E-state index contributed by atoms with van der Waals surface area (Å²) in [5.41, 5.74) is 0.478. The summed E-state index contributed by atoms with van der Waals surface area (Å²) in [5.74, 6) is -0.674. The second kappa shape index (κ2) is 6.04. The number of nitro groups is 1. The first-order valence-corrected chi connectivity index (χ1v) is 6.06. The maximum absolute atomic E-state index is 11.4. The average Bonchev–Trinajstić information content (AvgIpc) is 2.87. The van der Waals surface area contributed by atoms with Crippen molar-refractivity contribution in [1.82, 2.24) is 4.98 Å². The predicted molar refractivity (Wildman–Crippen MR) is 70.4 cm³/mol. The third kappa shape index (κ3) is 3.35. The number of benzene rings is 1. The number of esters is 1. The number of oxazole rings is 1. The first kappa shape index (κ1) is 14.5. The molecule has 0 aliphatic rings. The van der Waals surface area contributed by atoms with Crippen molar-refractivity contribution >= 4 is 11.7 Å². The Morgan fingerprint density at radius 1 is 1.48 bits per heavy atom. The number of nitrogens with zero attached hydrogens (tertiary/aromatic N) is 2. The van der Waals surface area contributed by atoms with Gasteiger partial charge in [-0.3, -0.25) is 10.1 Å². The van der Waals surface area contributed by atoms with Crippen molar-refractivity contribution in [3.05, 3.63) is 45.8 Å². The van der Waals surface area contributed by atoms with E-state index in [1.165, 1.54) is 12.1 Å². The van der Waals surface area contributed by atoms with Crippen LogP contribution in [-0.4, -0.2) is 22.5 Å². The number of carbonyl (C=O) groups is 1. The number of aryl methyl sites for hydroxylation is 1. The molecule has 0 atom stereocenters. The highest BCUT2D eigenvalue weighted by Gasteiger charge is 2.19. The van der Waals surface area contributed by atoms with Crippen LogP contribution in [0.15, 0.2) is 28.9 Å². The van der Waals surface area contributed by atoms with E-state index in [-0.39, 0.29) is 29.8 Å². The van der Waals surface area contributed by atoms with Crippen LogP contribution in [-0.2, 0) is 4.74 Å². The molecule has 1 aromatic carbocycles. The fourth-order valence-corrected chi connectivity index (χ4v) is 1.55. The minimum absolute atomic E-state index is 0.0164. The van der Waals surface area contributed by atoms with Crippen LogP contribution in [0.2, 0.25) is 0 Å². The van der Waals surface area contributed by atoms with Crippen molar-refractivity contribution in [2.24, 2.45) is 0 Å². The summed E-state index contributed by atoms with van der Waals surface area (Å²) in [6, 6.07) is 4.39. The van der Waals surface area contributed by atoms with E-state index in [1.54, 1.807) is 19.9 Å². The molecule has 8 nitrogen and oxygen atoms in total. The first-order chi connectivity index (χ1) is 10.0. The van der Waals surface area contributed by atoms with E-state index in [4.69, 9.17) is 13.9 Å². The van der Waals surface area contributed by atoms with E-state index in [0.717, 1.165) is 11.8 Å². The standard InChI is InChI=1S/C13H12N2O6/c1-3-19-12(16)9-7-20-13(14-9)21-11-6-8(2)4-5-10(11)15(17)18/h4-7H,3H2,1-2H3. The van der Waals surface area contributed by atoms with Crippen LogP contribution in [0.1, 0.15) is 23.0 Å². The van der Waals surface area contributed by atoms with Crippen LogP contribution in [0.5, 0.6) is 11.8 Å². The van der Waals surface area contributed by atoms with E-state index < -0.39 is 10.9 Å². The molecule has 8 heteroatoms. The normalized spacial score (nSPS) is 10.2. The lowest BCUT2D eigenvalue weighted by molar-refractivity contribution is -0.385. The fraction of sp³-hybridized carbons (Fsp3) is 0.231. The molecule has 0 saturated carbocycles. The summed E-state index contributed by atoms with van der Waals surface area (Å²) < 4.78 is 14.9. The number of carbonyl (C=O) groups excluding carboxylic acids is 1. The summed E-state index contributed by atoms with van der Waals surface area (Å²) in [7, 11) is 0. The van der Waals surface area contributed by atoms with Gasteiger partial charge < -0.3 is 13.9 Å². The minimum Gasteiger partial charge on any atom is -0.461 e. The average molecular weight is 292 g/mol. The first-order valence-electron chi connectivity index (χ1n) is 6.06. The summed E-state index contributed by atoms with van der Waals surface area (Å²) in [6.45, 7) is 3.62. The minimum atomic E-state index is -0.658. The molecule has 0 aliphatic carbocycles. The van der Waals surface area contributed by atoms with E-state index in [0.29, 0.717) is 0 Å². The van der Waals surface area contributed by atoms with Crippen molar-refractivity contribution in [2.45, 2.75) is 13.8 Å². The van der Waals surface area contributed by atoms with Gasteiger partial charge in [0.05, 0.1) is 11.5 Å². The molecule has 1 aromatic heterocycles. The molecule has 0 amide bonds. The SMILES string of the molecule is CCOC(=O)c1coc(Oc2cc(C)ccc2[N+](=O)[O-])n1. The van der Waals surface area contributed by atoms with Gasteiger partial charge in [-0.25, -0.2) is 4.79 Å². The smallest absolute Gasteiger partial charge is 0.400 e. The number of aromatic nitrogens is 1. The van der Waals surface area contributed by atoms with E-state index in [9.17, 15) is 14.9 Å². The quantitative estimate of drug-likeness (QED) is 0.474. The van der Waals surface area contributed by atoms with Gasteiger partial charge in [0.1, 0.15) is 6.26 Å². The molecule has 0 bridgehead atoms. The Morgan fingerprint density at radius 2 is 2.24 bits per heavy atom. The van der Waals surface area contributed by atoms with Gasteiger partial charge in [-0.1, -0.05) is 6.07 Å². The van der Waals surface area contributed by atoms with Crippen LogP contribution < -0.4 is 4.74 Å². The number of hydrogen-bond acceptors (Lipinski definition) is 7. The highest BCUT2D eigenvalue weighted by atomic mass is 16.6. The van der Waals surface area contributed by atoms with Gasteiger partial charge in [0.25, 0.3) is 0 Å². The maximum atomic E-state index is 11.4. The van der Waals surface area contributed by atoms with Crippen molar-refractivity contribution < 1.29 is 23.6 Å². The van der Waals surface area contributed by atoms with Gasteiger partial charge in [-0.05, 0) is 25.5 Å². The molecule has 2 rings (SSSR count). The van der Waals surface area contributed by atoms with Gasteiger partial charge in [0.15, 0.2) is 5.69 Å². The Balaban J connectivity index is 2.24. The lowest BCUT2D eigenvalue weighted by Crippen LogP contribution is -2.04. The Hall–Kier alpha value is -2.90. The molecule has 1 heterocycles. The van der Waals surface area contributed by atoms with Crippen LogP contribution in [0.3, 0.4) is 0 Å². The molecular weight excluding hydrogens is 280 g/mol. The summed E-state index contributed by atoms with van der Waals surface area (Å²) in [5, 5.41) is 10.9. The molecule has 21 heavy (non-hydrogen) atoms. The molecule has 0 spiro atoms. The van der Waals surface area contributed by atoms with E-state index in [1.807, 2.05) is 0 Å². The molecular formula is C13H12N2O6. The largest absolute Gasteiger partial charge is 0.461 e. The van der Waals surface area contributed by atoms with Crippen molar-refractivity contribution in [1.29, 1.82) is 0 Å². The Morgan fingerprint density at radius 3 is 2.90 bits per heavy atom. The van der Waals surface area contributed by atoms with Gasteiger partial charge in [-0.15, -0.1) is 0 Å². The molecule has 0 saturated heterocycles. The molecule has 0 radical (unpaired) electrons. The molecule has 0 unspecified atom stereocenters. The van der Waals surface area contributed by atoms with Crippen molar-refractivity contribution in [2.75, 3.05) is 6.61 Å². The zero-order valence-corrected chi connectivity index (χ0v) is 11.4. The topological polar surface area (TPSA) is 105 Å². The summed E-state index contributed by atoms with van der Waals surface area (Å²) >= 11 is 0. The van der Waals surface area contributed by atoms with E-state index >= 15 is 0 Å². The Bertz CT molecular complexity index is 679. The van der Waals surface area contributed by atoms with Crippen LogP contribution in [0.25, 0.3) is 0 Å². The third-order valence-electron chi connectivity index (χ3n) is 2.48. The van der Waals surface area contributed by atoms with Crippen LogP contribution >= 0.6 is 0 Å². The molecule has 2 aromatic rings.